The van der Waals surface area contributed by atoms with E-state index in [1.807, 2.05) is 23.2 Å². The van der Waals surface area contributed by atoms with E-state index < -0.39 is 6.10 Å². The third-order valence-corrected chi connectivity index (χ3v) is 6.61. The predicted octanol–water partition coefficient (Wildman–Crippen LogP) is 3.74. The van der Waals surface area contributed by atoms with Gasteiger partial charge in [-0.2, -0.15) is 11.8 Å². The summed E-state index contributed by atoms with van der Waals surface area (Å²) in [6, 6.07) is 1.87. The molecule has 1 aromatic rings. The van der Waals surface area contributed by atoms with Crippen LogP contribution in [0.2, 0.25) is 5.02 Å². The third kappa shape index (κ3) is 2.46. The normalized spacial score (nSPS) is 34.0. The maximum Gasteiger partial charge on any atom is 0.0926 e. The van der Waals surface area contributed by atoms with Crippen LogP contribution in [0.15, 0.2) is 11.4 Å². The average molecular weight is 305 g/mol. The van der Waals surface area contributed by atoms with Crippen LogP contribution in [-0.4, -0.2) is 28.8 Å². The summed E-state index contributed by atoms with van der Waals surface area (Å²) in [5.74, 6) is 2.55. The van der Waals surface area contributed by atoms with Crippen molar-refractivity contribution in [3.8, 4) is 0 Å². The lowest BCUT2D eigenvalue weighted by Crippen LogP contribution is -2.41. The first-order valence-electron chi connectivity index (χ1n) is 6.33. The zero-order valence-corrected chi connectivity index (χ0v) is 12.5. The van der Waals surface area contributed by atoms with E-state index in [0.29, 0.717) is 5.02 Å². The van der Waals surface area contributed by atoms with E-state index in [1.165, 1.54) is 5.75 Å². The minimum Gasteiger partial charge on any atom is -0.387 e. The summed E-state index contributed by atoms with van der Waals surface area (Å²) in [5, 5.41) is 13.2. The molecular formula is C13H17ClO2S2. The van der Waals surface area contributed by atoms with Crippen LogP contribution >= 0.6 is 34.7 Å². The van der Waals surface area contributed by atoms with E-state index in [2.05, 4.69) is 0 Å². The molecule has 1 N–H and O–H groups in total. The van der Waals surface area contributed by atoms with Crippen LogP contribution in [0, 0.1) is 5.92 Å². The Hall–Kier alpha value is 0.260. The van der Waals surface area contributed by atoms with Gasteiger partial charge >= 0.3 is 0 Å². The lowest BCUT2D eigenvalue weighted by molar-refractivity contribution is -0.101. The molecule has 5 heteroatoms. The molecule has 3 heterocycles. The van der Waals surface area contributed by atoms with Crippen LogP contribution in [0.3, 0.4) is 0 Å². The first-order valence-corrected chi connectivity index (χ1v) is 8.74. The molecule has 2 aliphatic rings. The quantitative estimate of drug-likeness (QED) is 0.902. The average Bonchev–Trinajstić information content (AvgIpc) is 2.98. The number of aliphatic hydroxyl groups excluding tert-OH is 1. The second kappa shape index (κ2) is 5.33. The van der Waals surface area contributed by atoms with Crippen molar-refractivity contribution in [1.29, 1.82) is 0 Å². The molecule has 2 fully saturated rings. The molecule has 3 atom stereocenters. The van der Waals surface area contributed by atoms with Crippen LogP contribution in [-0.2, 0) is 4.74 Å². The molecule has 2 saturated heterocycles. The van der Waals surface area contributed by atoms with E-state index in [1.54, 1.807) is 11.3 Å². The minimum atomic E-state index is -0.427. The molecule has 0 aliphatic carbocycles. The molecule has 3 unspecified atom stereocenters. The van der Waals surface area contributed by atoms with Gasteiger partial charge in [-0.05, 0) is 42.4 Å². The summed E-state index contributed by atoms with van der Waals surface area (Å²) in [4.78, 5) is 0.921. The van der Waals surface area contributed by atoms with E-state index in [-0.39, 0.29) is 11.5 Å². The highest BCUT2D eigenvalue weighted by Gasteiger charge is 2.42. The number of aliphatic hydroxyl groups is 1. The van der Waals surface area contributed by atoms with Crippen LogP contribution in [0.1, 0.15) is 30.2 Å². The van der Waals surface area contributed by atoms with Gasteiger partial charge in [-0.3, -0.25) is 0 Å². The number of hydrogen-bond donors (Lipinski definition) is 1. The number of ether oxygens (including phenoxy) is 1. The van der Waals surface area contributed by atoms with Gasteiger partial charge < -0.3 is 9.84 Å². The highest BCUT2D eigenvalue weighted by atomic mass is 35.5. The van der Waals surface area contributed by atoms with Crippen LogP contribution in [0.25, 0.3) is 0 Å². The minimum absolute atomic E-state index is 0.0261. The molecule has 100 valence electrons. The van der Waals surface area contributed by atoms with Gasteiger partial charge in [-0.25, -0.2) is 0 Å². The van der Waals surface area contributed by atoms with Crippen molar-refractivity contribution < 1.29 is 9.84 Å². The fourth-order valence-electron chi connectivity index (χ4n) is 2.93. The summed E-state index contributed by atoms with van der Waals surface area (Å²) in [5.41, 5.74) is 0.0261. The van der Waals surface area contributed by atoms with Crippen LogP contribution < -0.4 is 0 Å². The van der Waals surface area contributed by atoms with Gasteiger partial charge in [0.1, 0.15) is 0 Å². The Balaban J connectivity index is 1.74. The zero-order valence-electron chi connectivity index (χ0n) is 10.1. The largest absolute Gasteiger partial charge is 0.387 e. The molecule has 0 amide bonds. The molecule has 1 spiro atoms. The third-order valence-electron chi connectivity index (χ3n) is 3.96. The molecule has 2 aliphatic heterocycles. The summed E-state index contributed by atoms with van der Waals surface area (Å²) in [7, 11) is 0. The van der Waals surface area contributed by atoms with Crippen molar-refractivity contribution in [2.75, 3.05) is 18.1 Å². The maximum absolute atomic E-state index is 10.5. The van der Waals surface area contributed by atoms with Crippen molar-refractivity contribution in [2.24, 2.45) is 5.92 Å². The molecule has 1 aromatic heterocycles. The molecule has 0 aromatic carbocycles. The highest BCUT2D eigenvalue weighted by molar-refractivity contribution is 7.99. The number of hydrogen-bond acceptors (Lipinski definition) is 4. The van der Waals surface area contributed by atoms with Crippen molar-refractivity contribution >= 4 is 34.7 Å². The number of thioether (sulfide) groups is 1. The van der Waals surface area contributed by atoms with E-state index >= 15 is 0 Å². The SMILES string of the molecule is OC(c1sccc1Cl)C1CCOC2(CCSC2)C1. The second-order valence-corrected chi connectivity index (χ2v) is 7.62. The van der Waals surface area contributed by atoms with Crippen LogP contribution in [0.4, 0.5) is 0 Å². The Labute approximate surface area is 121 Å². The molecule has 0 radical (unpaired) electrons. The molecule has 0 saturated carbocycles. The Kier molecular flexibility index (Phi) is 3.92. The van der Waals surface area contributed by atoms with Gasteiger partial charge in [0.15, 0.2) is 0 Å². The molecule has 2 nitrogen and oxygen atoms in total. The van der Waals surface area contributed by atoms with Crippen molar-refractivity contribution in [3.63, 3.8) is 0 Å². The zero-order chi connectivity index (χ0) is 12.6. The molecular weight excluding hydrogens is 288 g/mol. The van der Waals surface area contributed by atoms with E-state index in [4.69, 9.17) is 16.3 Å². The molecule has 0 bridgehead atoms. The Morgan fingerprint density at radius 3 is 3.11 bits per heavy atom. The highest BCUT2D eigenvalue weighted by Crippen LogP contribution is 2.45. The van der Waals surface area contributed by atoms with Crippen LogP contribution in [0.5, 0.6) is 0 Å². The van der Waals surface area contributed by atoms with Gasteiger partial charge in [0.25, 0.3) is 0 Å². The van der Waals surface area contributed by atoms with Crippen molar-refractivity contribution in [1.82, 2.24) is 0 Å². The first kappa shape index (κ1) is 13.3. The van der Waals surface area contributed by atoms with Gasteiger partial charge in [0.2, 0.25) is 0 Å². The van der Waals surface area contributed by atoms with Gasteiger partial charge in [0, 0.05) is 12.4 Å². The van der Waals surface area contributed by atoms with E-state index in [0.717, 1.165) is 36.5 Å². The number of thiophene rings is 1. The first-order chi connectivity index (χ1) is 8.70. The Bertz CT molecular complexity index is 415. The molecule has 3 rings (SSSR count). The second-order valence-electron chi connectivity index (χ2n) is 5.16. The summed E-state index contributed by atoms with van der Waals surface area (Å²) < 4.78 is 5.99. The molecule has 18 heavy (non-hydrogen) atoms. The lowest BCUT2D eigenvalue weighted by Gasteiger charge is -2.39. The summed E-state index contributed by atoms with van der Waals surface area (Å²) in [6.07, 6.45) is 2.60. The Morgan fingerprint density at radius 1 is 1.56 bits per heavy atom. The van der Waals surface area contributed by atoms with E-state index in [9.17, 15) is 5.11 Å². The van der Waals surface area contributed by atoms with Gasteiger partial charge in [-0.1, -0.05) is 11.6 Å². The Morgan fingerprint density at radius 2 is 2.44 bits per heavy atom. The number of halogens is 1. The summed E-state index contributed by atoms with van der Waals surface area (Å²) >= 11 is 9.64. The lowest BCUT2D eigenvalue weighted by atomic mass is 9.82. The maximum atomic E-state index is 10.5. The fourth-order valence-corrected chi connectivity index (χ4v) is 5.55. The van der Waals surface area contributed by atoms with Gasteiger partial charge in [-0.15, -0.1) is 11.3 Å². The van der Waals surface area contributed by atoms with Gasteiger partial charge in [0.05, 0.1) is 21.6 Å². The predicted molar refractivity (Wildman–Crippen MR) is 77.6 cm³/mol. The standard InChI is InChI=1S/C13H17ClO2S2/c14-10-2-5-18-12(10)11(15)9-1-4-16-13(7-9)3-6-17-8-13/h2,5,9,11,15H,1,3-4,6-8H2. The van der Waals surface area contributed by atoms with Crippen molar-refractivity contribution in [2.45, 2.75) is 31.0 Å². The smallest absolute Gasteiger partial charge is 0.0926 e. The topological polar surface area (TPSA) is 29.5 Å². The van der Waals surface area contributed by atoms with Crippen molar-refractivity contribution in [3.05, 3.63) is 21.3 Å². The number of rotatable bonds is 2. The fraction of sp³-hybridized carbons (Fsp3) is 0.692. The summed E-state index contributed by atoms with van der Waals surface area (Å²) in [6.45, 7) is 0.769. The monoisotopic (exact) mass is 304 g/mol.